The fourth-order valence-corrected chi connectivity index (χ4v) is 4.07. The quantitative estimate of drug-likeness (QED) is 0.228. The molecule has 1 saturated carbocycles. The number of ether oxygens (including phenoxy) is 1. The van der Waals surface area contributed by atoms with Gasteiger partial charge in [0.05, 0.1) is 19.8 Å². The number of fused-ring (bicyclic) bond motifs is 1. The number of hydrogen-bond donors (Lipinski definition) is 3. The minimum atomic E-state index is -0.502. The van der Waals surface area contributed by atoms with E-state index in [0.717, 1.165) is 12.0 Å². The Bertz CT molecular complexity index is 774. The van der Waals surface area contributed by atoms with Crippen molar-refractivity contribution in [2.75, 3.05) is 25.5 Å². The van der Waals surface area contributed by atoms with E-state index in [1.54, 1.807) is 24.1 Å². The number of pyridine rings is 1. The van der Waals surface area contributed by atoms with Crippen molar-refractivity contribution in [3.8, 4) is 0 Å². The molecule has 152 valence electrons. The molecule has 1 saturated heterocycles. The lowest BCUT2D eigenvalue weighted by molar-refractivity contribution is -0.137. The van der Waals surface area contributed by atoms with Crippen molar-refractivity contribution in [3.63, 3.8) is 0 Å². The highest BCUT2D eigenvalue weighted by Gasteiger charge is 2.64. The molecule has 1 aliphatic heterocycles. The van der Waals surface area contributed by atoms with Gasteiger partial charge in [0.2, 0.25) is 11.8 Å². The summed E-state index contributed by atoms with van der Waals surface area (Å²) < 4.78 is 6.11. The van der Waals surface area contributed by atoms with Gasteiger partial charge >= 0.3 is 0 Å². The summed E-state index contributed by atoms with van der Waals surface area (Å²) in [5, 5.41) is 2.90. The van der Waals surface area contributed by atoms with Crippen LogP contribution in [0.3, 0.4) is 0 Å². The van der Waals surface area contributed by atoms with Gasteiger partial charge < -0.3 is 15.0 Å². The second-order valence-electron chi connectivity index (χ2n) is 7.43. The molecule has 9 heteroatoms. The van der Waals surface area contributed by atoms with Crippen LogP contribution in [0.1, 0.15) is 25.3 Å². The summed E-state index contributed by atoms with van der Waals surface area (Å²) in [5.74, 6) is 0.134. The molecule has 2 fully saturated rings. The normalized spacial score (nSPS) is 25.3. The molecule has 8 nitrogen and oxygen atoms in total. The third-order valence-electron chi connectivity index (χ3n) is 5.32. The summed E-state index contributed by atoms with van der Waals surface area (Å²) in [6, 6.07) is 3.27. The number of carbonyl (C=O) groups is 2. The van der Waals surface area contributed by atoms with Gasteiger partial charge in [-0.3, -0.25) is 15.0 Å². The Kier molecular flexibility index (Phi) is 6.49. The fraction of sp³-hybridized carbons (Fsp3) is 0.526. The summed E-state index contributed by atoms with van der Waals surface area (Å²) in [5.41, 5.74) is 6.35. The second-order valence-corrected chi connectivity index (χ2v) is 8.25. The van der Waals surface area contributed by atoms with E-state index in [9.17, 15) is 9.59 Å². The first-order valence-corrected chi connectivity index (χ1v) is 10.0. The summed E-state index contributed by atoms with van der Waals surface area (Å²) in [6.45, 7) is 6.61. The van der Waals surface area contributed by atoms with Crippen LogP contribution >= 0.6 is 15.9 Å². The zero-order chi connectivity index (χ0) is 20.3. The van der Waals surface area contributed by atoms with Crippen molar-refractivity contribution in [1.29, 1.82) is 0 Å². The molecule has 0 aromatic carbocycles. The van der Waals surface area contributed by atoms with Gasteiger partial charge in [0.1, 0.15) is 16.5 Å². The van der Waals surface area contributed by atoms with E-state index in [1.165, 1.54) is 0 Å². The van der Waals surface area contributed by atoms with Crippen LogP contribution < -0.4 is 16.2 Å². The minimum absolute atomic E-state index is 0.0257. The summed E-state index contributed by atoms with van der Waals surface area (Å²) in [6.07, 6.45) is 3.27. The number of anilines is 1. The number of rotatable bonds is 9. The summed E-state index contributed by atoms with van der Waals surface area (Å²) in [7, 11) is 1.71. The monoisotopic (exact) mass is 451 g/mol. The molecule has 0 spiro atoms. The highest BCUT2D eigenvalue weighted by atomic mass is 79.9. The zero-order valence-corrected chi connectivity index (χ0v) is 17.7. The van der Waals surface area contributed by atoms with Gasteiger partial charge in [-0.25, -0.2) is 10.4 Å². The molecule has 0 radical (unpaired) electrons. The van der Waals surface area contributed by atoms with E-state index in [2.05, 4.69) is 50.6 Å². The van der Waals surface area contributed by atoms with Crippen LogP contribution in [0.5, 0.6) is 0 Å². The number of halogens is 1. The van der Waals surface area contributed by atoms with Gasteiger partial charge in [0.15, 0.2) is 0 Å². The van der Waals surface area contributed by atoms with Crippen LogP contribution in [0.15, 0.2) is 29.4 Å². The maximum Gasteiger partial charge on any atom is 0.248 e. The van der Waals surface area contributed by atoms with E-state index in [1.807, 2.05) is 6.07 Å². The molecule has 1 aromatic rings. The molecule has 2 amide bonds. The Hall–Kier alpha value is -1.81. The van der Waals surface area contributed by atoms with Crippen LogP contribution in [0, 0.1) is 5.41 Å². The van der Waals surface area contributed by atoms with Gasteiger partial charge in [0.25, 0.3) is 0 Å². The van der Waals surface area contributed by atoms with Gasteiger partial charge in [-0.2, -0.15) is 0 Å². The maximum absolute atomic E-state index is 13.1. The number of carbonyl (C=O) groups excluding carboxylic acids is 2. The number of piperidine rings is 1. The molecule has 3 N–H and O–H groups in total. The molecule has 3 atom stereocenters. The van der Waals surface area contributed by atoms with E-state index in [0.29, 0.717) is 30.1 Å². The first kappa shape index (κ1) is 20.9. The number of nitrogens with one attached hydrogen (secondary N) is 3. The van der Waals surface area contributed by atoms with Crippen molar-refractivity contribution in [2.24, 2.45) is 5.41 Å². The molecule has 2 heterocycles. The van der Waals surface area contributed by atoms with E-state index < -0.39 is 6.04 Å². The fourth-order valence-electron chi connectivity index (χ4n) is 3.76. The number of amides is 2. The number of likely N-dealkylation sites (tertiary alicyclic amines) is 1. The molecule has 0 unspecified atom stereocenters. The zero-order valence-electron chi connectivity index (χ0n) is 16.1. The topological polar surface area (TPSA) is 95.6 Å². The number of hydrogen-bond acceptors (Lipinski definition) is 6. The molecule has 28 heavy (non-hydrogen) atoms. The van der Waals surface area contributed by atoms with Gasteiger partial charge in [-0.1, -0.05) is 19.1 Å². The third kappa shape index (κ3) is 4.43. The Labute approximate surface area is 173 Å². The number of nitrogens with zero attached hydrogens (tertiary/aromatic N) is 2. The van der Waals surface area contributed by atoms with Crippen LogP contribution in [-0.4, -0.2) is 54.0 Å². The smallest absolute Gasteiger partial charge is 0.248 e. The predicted octanol–water partition coefficient (Wildman–Crippen LogP) is 1.59. The molecule has 1 aromatic heterocycles. The lowest BCUT2D eigenvalue weighted by Crippen LogP contribution is -2.49. The van der Waals surface area contributed by atoms with Gasteiger partial charge in [-0.15, -0.1) is 6.58 Å². The predicted molar refractivity (Wildman–Crippen MR) is 109 cm³/mol. The van der Waals surface area contributed by atoms with Crippen molar-refractivity contribution >= 4 is 33.6 Å². The highest BCUT2D eigenvalue weighted by Crippen LogP contribution is 2.59. The lowest BCUT2D eigenvalue weighted by atomic mass is 10.0. The van der Waals surface area contributed by atoms with Crippen molar-refractivity contribution in [3.05, 3.63) is 35.0 Å². The number of aromatic nitrogens is 1. The summed E-state index contributed by atoms with van der Waals surface area (Å²) in [4.78, 5) is 31.8. The Morgan fingerprint density at radius 2 is 2.25 bits per heavy atom. The van der Waals surface area contributed by atoms with Crippen LogP contribution in [0.4, 0.5) is 5.82 Å². The van der Waals surface area contributed by atoms with E-state index >= 15 is 0 Å². The van der Waals surface area contributed by atoms with Gasteiger partial charge in [0, 0.05) is 11.6 Å². The lowest BCUT2D eigenvalue weighted by Gasteiger charge is -2.27. The molecular formula is C19H26BrN5O3. The average molecular weight is 452 g/mol. The summed E-state index contributed by atoms with van der Waals surface area (Å²) >= 11 is 3.34. The van der Waals surface area contributed by atoms with Crippen LogP contribution in [0.2, 0.25) is 0 Å². The van der Waals surface area contributed by atoms with Crippen molar-refractivity contribution in [2.45, 2.75) is 38.5 Å². The molecular weight excluding hydrogens is 426 g/mol. The highest BCUT2D eigenvalue weighted by molar-refractivity contribution is 9.10. The minimum Gasteiger partial charge on any atom is -0.373 e. The van der Waals surface area contributed by atoms with Gasteiger partial charge in [-0.05, 0) is 47.3 Å². The largest absolute Gasteiger partial charge is 0.373 e. The van der Waals surface area contributed by atoms with Crippen LogP contribution in [0.25, 0.3) is 0 Å². The van der Waals surface area contributed by atoms with Crippen molar-refractivity contribution in [1.82, 2.24) is 20.7 Å². The van der Waals surface area contributed by atoms with E-state index in [4.69, 9.17) is 4.74 Å². The molecule has 0 bridgehead atoms. The van der Waals surface area contributed by atoms with E-state index in [-0.39, 0.29) is 29.8 Å². The SMILES string of the molecule is C=CCOCc1ccc(Br)nc1NC(=O)[C@@H]1C[C@@]2(C)C[C@H]2N1C(=O)CNNC. The van der Waals surface area contributed by atoms with Crippen molar-refractivity contribution < 1.29 is 14.3 Å². The maximum atomic E-state index is 13.1. The Morgan fingerprint density at radius 3 is 2.96 bits per heavy atom. The standard InChI is InChI=1S/C19H26BrN5O3/c1-4-7-28-11-12-5-6-15(20)23-17(12)24-18(27)13-8-19(2)9-14(19)25(13)16(26)10-22-21-3/h4-6,13-14,21-22H,1,7-11H2,2-3H3,(H,23,24,27)/t13-,14+,19-/m0/s1. The first-order valence-electron chi connectivity index (χ1n) is 9.25. The Balaban J connectivity index is 1.74. The first-order chi connectivity index (χ1) is 13.4. The second kappa shape index (κ2) is 8.69. The third-order valence-corrected chi connectivity index (χ3v) is 5.76. The molecule has 1 aliphatic carbocycles. The number of hydrazine groups is 1. The molecule has 3 rings (SSSR count). The Morgan fingerprint density at radius 1 is 1.46 bits per heavy atom. The van der Waals surface area contributed by atoms with Crippen LogP contribution in [-0.2, 0) is 20.9 Å². The average Bonchev–Trinajstić information content (AvgIpc) is 3.22. The molecule has 2 aliphatic rings.